The summed E-state index contributed by atoms with van der Waals surface area (Å²) in [4.78, 5) is 10.8. The fourth-order valence-electron chi connectivity index (χ4n) is 2.60. The number of carboxylic acids is 1. The fourth-order valence-corrected chi connectivity index (χ4v) is 5.24. The van der Waals surface area contributed by atoms with Crippen LogP contribution in [0.3, 0.4) is 0 Å². The molecule has 1 heterocycles. The molecule has 1 aliphatic rings. The van der Waals surface area contributed by atoms with Crippen molar-refractivity contribution in [3.8, 4) is 0 Å². The summed E-state index contributed by atoms with van der Waals surface area (Å²) in [7, 11) is -3.76. The van der Waals surface area contributed by atoms with E-state index in [1.165, 1.54) is 11.4 Å². The van der Waals surface area contributed by atoms with Gasteiger partial charge in [0.15, 0.2) is 0 Å². The number of nitrogens with one attached hydrogen (secondary N) is 1. The Labute approximate surface area is 123 Å². The first kappa shape index (κ1) is 15.5. The molecule has 112 valence electrons. The van der Waals surface area contributed by atoms with Crippen molar-refractivity contribution in [3.63, 3.8) is 0 Å². The third-order valence-corrected chi connectivity index (χ3v) is 6.34. The molecule has 1 aliphatic carbocycles. The number of aromatic carboxylic acids is 1. The topological polar surface area (TPSA) is 83.5 Å². The number of rotatable bonds is 4. The highest BCUT2D eigenvalue weighted by Crippen LogP contribution is 2.27. The van der Waals surface area contributed by atoms with Gasteiger partial charge in [-0.3, -0.25) is 0 Å². The minimum atomic E-state index is -3.76. The van der Waals surface area contributed by atoms with Crippen LogP contribution in [0.25, 0.3) is 0 Å². The van der Waals surface area contributed by atoms with Gasteiger partial charge in [-0.25, -0.2) is 17.9 Å². The molecule has 7 heteroatoms. The molecule has 20 heavy (non-hydrogen) atoms. The van der Waals surface area contributed by atoms with Gasteiger partial charge in [0.2, 0.25) is 10.0 Å². The van der Waals surface area contributed by atoms with Crippen molar-refractivity contribution in [1.29, 1.82) is 0 Å². The lowest BCUT2D eigenvalue weighted by atomic mass is 9.98. The Morgan fingerprint density at radius 1 is 1.35 bits per heavy atom. The highest BCUT2D eigenvalue weighted by Gasteiger charge is 2.29. The first-order chi connectivity index (χ1) is 9.42. The summed E-state index contributed by atoms with van der Waals surface area (Å²) >= 11 is 0.933. The smallest absolute Gasteiger partial charge is 0.347 e. The molecule has 2 N–H and O–H groups in total. The van der Waals surface area contributed by atoms with Gasteiger partial charge >= 0.3 is 5.97 Å². The summed E-state index contributed by atoms with van der Waals surface area (Å²) in [6, 6.07) is 1.25. The summed E-state index contributed by atoms with van der Waals surface area (Å²) < 4.78 is 27.5. The third kappa shape index (κ3) is 3.39. The summed E-state index contributed by atoms with van der Waals surface area (Å²) in [5.74, 6) is -0.923. The quantitative estimate of drug-likeness (QED) is 0.836. The van der Waals surface area contributed by atoms with Crippen LogP contribution in [0.2, 0.25) is 0 Å². The Morgan fingerprint density at radius 3 is 2.75 bits per heavy atom. The SMILES string of the molecule is CC1CCCCCC1NS(=O)(=O)c1ccsc1C(=O)O. The average Bonchev–Trinajstić information content (AvgIpc) is 2.79. The fraction of sp³-hybridized carbons (Fsp3) is 0.615. The van der Waals surface area contributed by atoms with Crippen molar-refractivity contribution >= 4 is 27.3 Å². The molecule has 2 rings (SSSR count). The molecule has 1 aromatic rings. The maximum absolute atomic E-state index is 12.4. The van der Waals surface area contributed by atoms with Gasteiger partial charge in [0.05, 0.1) is 0 Å². The van der Waals surface area contributed by atoms with E-state index < -0.39 is 16.0 Å². The van der Waals surface area contributed by atoms with Gasteiger partial charge < -0.3 is 5.11 Å². The molecule has 0 aromatic carbocycles. The van der Waals surface area contributed by atoms with Gasteiger partial charge in [-0.05, 0) is 30.2 Å². The summed E-state index contributed by atoms with van der Waals surface area (Å²) in [6.45, 7) is 2.05. The van der Waals surface area contributed by atoms with E-state index in [4.69, 9.17) is 5.11 Å². The van der Waals surface area contributed by atoms with Crippen LogP contribution in [0.5, 0.6) is 0 Å². The predicted octanol–water partition coefficient (Wildman–Crippen LogP) is 2.69. The minimum absolute atomic E-state index is 0.107. The number of sulfonamides is 1. The van der Waals surface area contributed by atoms with Crippen LogP contribution in [0.1, 0.15) is 48.7 Å². The van der Waals surface area contributed by atoms with E-state index in [0.29, 0.717) is 0 Å². The molecule has 1 aromatic heterocycles. The van der Waals surface area contributed by atoms with Crippen LogP contribution in [0.4, 0.5) is 0 Å². The zero-order valence-corrected chi connectivity index (χ0v) is 13.0. The molecule has 0 spiro atoms. The van der Waals surface area contributed by atoms with Gasteiger partial charge in [0.25, 0.3) is 0 Å². The number of thiophene rings is 1. The highest BCUT2D eigenvalue weighted by molar-refractivity contribution is 7.89. The molecule has 1 fully saturated rings. The Morgan fingerprint density at radius 2 is 2.05 bits per heavy atom. The maximum atomic E-state index is 12.4. The summed E-state index contributed by atoms with van der Waals surface area (Å²) in [5, 5.41) is 10.5. The van der Waals surface area contributed by atoms with Gasteiger partial charge in [-0.2, -0.15) is 0 Å². The normalized spacial score (nSPS) is 24.2. The van der Waals surface area contributed by atoms with Crippen LogP contribution < -0.4 is 4.72 Å². The Bertz CT molecular complexity index is 579. The molecule has 0 radical (unpaired) electrons. The first-order valence-corrected chi connectivity index (χ1v) is 9.11. The molecule has 2 unspecified atom stereocenters. The zero-order chi connectivity index (χ0) is 14.8. The standard InChI is InChI=1S/C13H19NO4S2/c1-9-5-3-2-4-6-10(9)14-20(17,18)11-7-8-19-12(11)13(15)16/h7-10,14H,2-6H2,1H3,(H,15,16). The second-order valence-electron chi connectivity index (χ2n) is 5.26. The van der Waals surface area contributed by atoms with E-state index in [2.05, 4.69) is 4.72 Å². The Hall–Kier alpha value is -0.920. The van der Waals surface area contributed by atoms with Crippen LogP contribution in [-0.2, 0) is 10.0 Å². The summed E-state index contributed by atoms with van der Waals surface area (Å²) in [6.07, 6.45) is 5.07. The van der Waals surface area contributed by atoms with Crippen molar-refractivity contribution in [2.24, 2.45) is 5.92 Å². The predicted molar refractivity (Wildman–Crippen MR) is 77.6 cm³/mol. The number of hydrogen-bond donors (Lipinski definition) is 2. The van der Waals surface area contributed by atoms with Gasteiger partial charge in [0.1, 0.15) is 9.77 Å². The molecule has 0 aliphatic heterocycles. The van der Waals surface area contributed by atoms with Gasteiger partial charge in [-0.1, -0.05) is 26.2 Å². The lowest BCUT2D eigenvalue weighted by Gasteiger charge is -2.22. The second kappa shape index (κ2) is 6.24. The second-order valence-corrected chi connectivity index (χ2v) is 7.86. The summed E-state index contributed by atoms with van der Waals surface area (Å²) in [5.41, 5.74) is 0. The maximum Gasteiger partial charge on any atom is 0.347 e. The molecular weight excluding hydrogens is 298 g/mol. The van der Waals surface area contributed by atoms with Crippen molar-refractivity contribution in [2.45, 2.75) is 50.0 Å². The van der Waals surface area contributed by atoms with Crippen molar-refractivity contribution in [2.75, 3.05) is 0 Å². The lowest BCUT2D eigenvalue weighted by molar-refractivity contribution is 0.0698. The van der Waals surface area contributed by atoms with E-state index in [1.54, 1.807) is 0 Å². The molecule has 0 bridgehead atoms. The molecule has 0 saturated heterocycles. The zero-order valence-electron chi connectivity index (χ0n) is 11.3. The Kier molecular flexibility index (Phi) is 4.82. The van der Waals surface area contributed by atoms with E-state index in [1.807, 2.05) is 6.92 Å². The molecule has 2 atom stereocenters. The molecule has 5 nitrogen and oxygen atoms in total. The average molecular weight is 317 g/mol. The van der Waals surface area contributed by atoms with Crippen molar-refractivity contribution in [3.05, 3.63) is 16.3 Å². The van der Waals surface area contributed by atoms with Gasteiger partial charge in [-0.15, -0.1) is 11.3 Å². The van der Waals surface area contributed by atoms with Crippen molar-refractivity contribution in [1.82, 2.24) is 4.72 Å². The van der Waals surface area contributed by atoms with Crippen LogP contribution >= 0.6 is 11.3 Å². The minimum Gasteiger partial charge on any atom is -0.477 e. The number of carbonyl (C=O) groups is 1. The number of hydrogen-bond acceptors (Lipinski definition) is 4. The van der Waals surface area contributed by atoms with E-state index in [-0.39, 0.29) is 21.7 Å². The molecular formula is C13H19NO4S2. The molecule has 1 saturated carbocycles. The first-order valence-electron chi connectivity index (χ1n) is 6.75. The number of carboxylic acid groups (broad SMARTS) is 1. The van der Waals surface area contributed by atoms with Crippen molar-refractivity contribution < 1.29 is 18.3 Å². The Balaban J connectivity index is 2.22. The third-order valence-electron chi connectivity index (χ3n) is 3.78. The van der Waals surface area contributed by atoms with E-state index in [0.717, 1.165) is 43.4 Å². The highest BCUT2D eigenvalue weighted by atomic mass is 32.2. The molecule has 0 amide bonds. The van der Waals surface area contributed by atoms with Crippen LogP contribution in [0.15, 0.2) is 16.3 Å². The van der Waals surface area contributed by atoms with Crippen LogP contribution in [0, 0.1) is 5.92 Å². The van der Waals surface area contributed by atoms with E-state index in [9.17, 15) is 13.2 Å². The largest absolute Gasteiger partial charge is 0.477 e. The van der Waals surface area contributed by atoms with E-state index >= 15 is 0 Å². The monoisotopic (exact) mass is 317 g/mol. The van der Waals surface area contributed by atoms with Crippen LogP contribution in [-0.4, -0.2) is 25.5 Å². The lowest BCUT2D eigenvalue weighted by Crippen LogP contribution is -2.39. The van der Waals surface area contributed by atoms with Gasteiger partial charge in [0, 0.05) is 6.04 Å².